The Balaban J connectivity index is 2.43. The average molecular weight is 365 g/mol. The number of aliphatic hydroxyl groups excluding tert-OH is 1. The van der Waals surface area contributed by atoms with Gasteiger partial charge in [0.25, 0.3) is 0 Å². The minimum atomic E-state index is -0.915. The summed E-state index contributed by atoms with van der Waals surface area (Å²) in [6, 6.07) is 4.34. The molecule has 7 heteroatoms. The average Bonchev–Trinajstić information content (AvgIpc) is 2.62. The SMILES string of the molecule is Cn1nnc(Br)c1C(O)c1ccc(F)c(Br)c1. The van der Waals surface area contributed by atoms with Crippen molar-refractivity contribution < 1.29 is 9.50 Å². The summed E-state index contributed by atoms with van der Waals surface area (Å²) in [7, 11) is 1.68. The molecule has 17 heavy (non-hydrogen) atoms. The van der Waals surface area contributed by atoms with Gasteiger partial charge in [0, 0.05) is 7.05 Å². The van der Waals surface area contributed by atoms with E-state index in [1.54, 1.807) is 7.05 Å². The lowest BCUT2D eigenvalue weighted by Gasteiger charge is -2.11. The van der Waals surface area contributed by atoms with Gasteiger partial charge >= 0.3 is 0 Å². The summed E-state index contributed by atoms with van der Waals surface area (Å²) in [5, 5.41) is 17.7. The summed E-state index contributed by atoms with van der Waals surface area (Å²) in [6.45, 7) is 0. The van der Waals surface area contributed by atoms with Crippen LogP contribution in [-0.2, 0) is 7.05 Å². The highest BCUT2D eigenvalue weighted by Crippen LogP contribution is 2.28. The molecule has 0 fully saturated rings. The second-order valence-electron chi connectivity index (χ2n) is 3.47. The monoisotopic (exact) mass is 363 g/mol. The van der Waals surface area contributed by atoms with Gasteiger partial charge in [0.15, 0.2) is 4.60 Å². The smallest absolute Gasteiger partial charge is 0.154 e. The molecule has 0 saturated heterocycles. The first-order chi connectivity index (χ1) is 8.00. The van der Waals surface area contributed by atoms with Gasteiger partial charge in [0.2, 0.25) is 0 Å². The molecule has 0 aliphatic rings. The van der Waals surface area contributed by atoms with Crippen LogP contribution in [0.1, 0.15) is 17.4 Å². The van der Waals surface area contributed by atoms with Crippen LogP contribution < -0.4 is 0 Å². The van der Waals surface area contributed by atoms with Crippen molar-refractivity contribution >= 4 is 31.9 Å². The minimum absolute atomic E-state index is 0.306. The first-order valence-corrected chi connectivity index (χ1v) is 6.27. The lowest BCUT2D eigenvalue weighted by atomic mass is 10.1. The van der Waals surface area contributed by atoms with Gasteiger partial charge in [-0.05, 0) is 49.6 Å². The molecule has 0 aliphatic carbocycles. The Labute approximate surface area is 114 Å². The first kappa shape index (κ1) is 12.7. The molecular weight excluding hydrogens is 357 g/mol. The van der Waals surface area contributed by atoms with E-state index in [1.165, 1.54) is 22.9 Å². The van der Waals surface area contributed by atoms with Crippen LogP contribution in [0.3, 0.4) is 0 Å². The van der Waals surface area contributed by atoms with E-state index in [9.17, 15) is 9.50 Å². The third-order valence-corrected chi connectivity index (χ3v) is 3.52. The van der Waals surface area contributed by atoms with Crippen molar-refractivity contribution in [3.05, 3.63) is 44.3 Å². The maximum atomic E-state index is 13.1. The van der Waals surface area contributed by atoms with Crippen LogP contribution in [-0.4, -0.2) is 20.1 Å². The predicted octanol–water partition coefficient (Wildman–Crippen LogP) is 2.56. The highest BCUT2D eigenvalue weighted by molar-refractivity contribution is 9.10. The molecule has 1 aromatic carbocycles. The molecule has 0 bridgehead atoms. The molecule has 0 aliphatic heterocycles. The Morgan fingerprint density at radius 2 is 2.12 bits per heavy atom. The van der Waals surface area contributed by atoms with Gasteiger partial charge < -0.3 is 5.11 Å². The van der Waals surface area contributed by atoms with E-state index < -0.39 is 6.10 Å². The highest BCUT2D eigenvalue weighted by Gasteiger charge is 2.20. The van der Waals surface area contributed by atoms with E-state index in [2.05, 4.69) is 42.2 Å². The van der Waals surface area contributed by atoms with E-state index in [-0.39, 0.29) is 5.82 Å². The number of aryl methyl sites for hydroxylation is 1. The van der Waals surface area contributed by atoms with Crippen molar-refractivity contribution in [1.29, 1.82) is 0 Å². The van der Waals surface area contributed by atoms with Crippen LogP contribution in [0.5, 0.6) is 0 Å². The van der Waals surface area contributed by atoms with Gasteiger partial charge in [-0.1, -0.05) is 11.3 Å². The summed E-state index contributed by atoms with van der Waals surface area (Å²) in [6.07, 6.45) is -0.915. The van der Waals surface area contributed by atoms with Gasteiger partial charge in [0.05, 0.1) is 4.47 Å². The number of benzene rings is 1. The van der Waals surface area contributed by atoms with Crippen molar-refractivity contribution in [2.75, 3.05) is 0 Å². The van der Waals surface area contributed by atoms with Gasteiger partial charge in [-0.25, -0.2) is 9.07 Å². The number of rotatable bonds is 2. The molecule has 1 aromatic heterocycles. The molecule has 4 nitrogen and oxygen atoms in total. The minimum Gasteiger partial charge on any atom is -0.382 e. The zero-order chi connectivity index (χ0) is 12.6. The van der Waals surface area contributed by atoms with Crippen LogP contribution in [0.2, 0.25) is 0 Å². The van der Waals surface area contributed by atoms with Crippen LogP contribution in [0.15, 0.2) is 27.3 Å². The molecule has 2 rings (SSSR count). The molecule has 0 radical (unpaired) electrons. The fraction of sp³-hybridized carbons (Fsp3) is 0.200. The normalized spacial score (nSPS) is 12.8. The lowest BCUT2D eigenvalue weighted by Crippen LogP contribution is -2.07. The number of nitrogens with zero attached hydrogens (tertiary/aromatic N) is 3. The first-order valence-electron chi connectivity index (χ1n) is 4.68. The number of halogens is 3. The maximum absolute atomic E-state index is 13.1. The van der Waals surface area contributed by atoms with Crippen molar-refractivity contribution in [1.82, 2.24) is 15.0 Å². The van der Waals surface area contributed by atoms with Crippen molar-refractivity contribution in [2.45, 2.75) is 6.10 Å². The zero-order valence-corrected chi connectivity index (χ0v) is 11.9. The molecule has 0 spiro atoms. The van der Waals surface area contributed by atoms with Crippen LogP contribution in [0.4, 0.5) is 4.39 Å². The lowest BCUT2D eigenvalue weighted by molar-refractivity contribution is 0.209. The van der Waals surface area contributed by atoms with Gasteiger partial charge in [-0.15, -0.1) is 5.10 Å². The van der Waals surface area contributed by atoms with Crippen molar-refractivity contribution in [3.8, 4) is 0 Å². The molecule has 1 heterocycles. The van der Waals surface area contributed by atoms with E-state index >= 15 is 0 Å². The zero-order valence-electron chi connectivity index (χ0n) is 8.73. The Bertz CT molecular complexity index is 539. The van der Waals surface area contributed by atoms with Crippen molar-refractivity contribution in [3.63, 3.8) is 0 Å². The molecule has 1 atom stereocenters. The Kier molecular flexibility index (Phi) is 3.60. The Morgan fingerprint density at radius 1 is 1.41 bits per heavy atom. The summed E-state index contributed by atoms with van der Waals surface area (Å²) in [4.78, 5) is 0. The molecule has 0 saturated carbocycles. The van der Waals surface area contributed by atoms with Crippen LogP contribution >= 0.6 is 31.9 Å². The molecular formula is C10H8Br2FN3O. The number of hydrogen-bond donors (Lipinski definition) is 1. The molecule has 2 aromatic rings. The van der Waals surface area contributed by atoms with E-state index in [4.69, 9.17) is 0 Å². The fourth-order valence-electron chi connectivity index (χ4n) is 1.47. The van der Waals surface area contributed by atoms with Gasteiger partial charge in [-0.3, -0.25) is 0 Å². The largest absolute Gasteiger partial charge is 0.382 e. The number of aliphatic hydroxyl groups is 1. The molecule has 90 valence electrons. The predicted molar refractivity (Wildman–Crippen MR) is 66.9 cm³/mol. The summed E-state index contributed by atoms with van der Waals surface area (Å²) < 4.78 is 15.3. The van der Waals surface area contributed by atoms with E-state index in [0.29, 0.717) is 20.3 Å². The van der Waals surface area contributed by atoms with Crippen molar-refractivity contribution in [2.24, 2.45) is 7.05 Å². The molecule has 1 unspecified atom stereocenters. The van der Waals surface area contributed by atoms with Gasteiger partial charge in [-0.2, -0.15) is 0 Å². The Morgan fingerprint density at radius 3 is 2.65 bits per heavy atom. The quantitative estimate of drug-likeness (QED) is 0.890. The second-order valence-corrected chi connectivity index (χ2v) is 5.07. The highest BCUT2D eigenvalue weighted by atomic mass is 79.9. The van der Waals surface area contributed by atoms with Crippen LogP contribution in [0.25, 0.3) is 0 Å². The van der Waals surface area contributed by atoms with E-state index in [0.717, 1.165) is 0 Å². The topological polar surface area (TPSA) is 50.9 Å². The standard InChI is InChI=1S/C10H8Br2FN3O/c1-16-8(10(12)14-15-16)9(17)5-2-3-7(13)6(11)4-5/h2-4,9,17H,1H3. The van der Waals surface area contributed by atoms with Crippen LogP contribution in [0, 0.1) is 5.82 Å². The van der Waals surface area contributed by atoms with E-state index in [1.807, 2.05) is 0 Å². The summed E-state index contributed by atoms with van der Waals surface area (Å²) in [5.41, 5.74) is 1.08. The number of aromatic nitrogens is 3. The Hall–Kier alpha value is -0.790. The summed E-state index contributed by atoms with van der Waals surface area (Å²) >= 11 is 6.29. The fourth-order valence-corrected chi connectivity index (χ4v) is 2.41. The molecule has 0 amide bonds. The summed E-state index contributed by atoms with van der Waals surface area (Å²) in [5.74, 6) is -0.372. The third kappa shape index (κ3) is 2.41. The molecule has 1 N–H and O–H groups in total. The van der Waals surface area contributed by atoms with Gasteiger partial charge in [0.1, 0.15) is 17.6 Å². The number of hydrogen-bond acceptors (Lipinski definition) is 3. The maximum Gasteiger partial charge on any atom is 0.154 e. The second kappa shape index (κ2) is 4.83. The third-order valence-electron chi connectivity index (χ3n) is 2.35.